The Morgan fingerprint density at radius 2 is 0.700 bits per heavy atom. The third-order valence-corrected chi connectivity index (χ3v) is 14.0. The number of hydrogen-bond acceptors (Lipinski definition) is 1. The van der Waals surface area contributed by atoms with E-state index in [1.54, 1.807) is 43.4 Å². The minimum absolute atomic E-state index is 0.336. The van der Waals surface area contributed by atoms with Gasteiger partial charge in [-0.05, 0) is 124 Å². The summed E-state index contributed by atoms with van der Waals surface area (Å²) in [5, 5.41) is 7.19. The molecule has 0 aliphatic rings. The largest absolute Gasteiger partial charge is 0.213 e. The molecule has 0 radical (unpaired) electrons. The summed E-state index contributed by atoms with van der Waals surface area (Å²) >= 11 is 0. The highest BCUT2D eigenvalue weighted by Crippen LogP contribution is 2.60. The summed E-state index contributed by atoms with van der Waals surface area (Å²) in [6.45, 7) is 24.1. The van der Waals surface area contributed by atoms with E-state index in [2.05, 4.69) is 73.7 Å². The Morgan fingerprint density at radius 1 is 0.467 bits per heavy atom. The average Bonchev–Trinajstić information content (AvgIpc) is 3.23. The van der Waals surface area contributed by atoms with Crippen LogP contribution in [0.1, 0.15) is 113 Å². The van der Waals surface area contributed by atoms with Crippen LogP contribution < -0.4 is 4.44 Å². The van der Waals surface area contributed by atoms with Crippen molar-refractivity contribution in [2.24, 2.45) is 0 Å². The lowest BCUT2D eigenvalue weighted by atomic mass is 10.0. The van der Waals surface area contributed by atoms with Gasteiger partial charge in [0.25, 0.3) is 0 Å². The van der Waals surface area contributed by atoms with Gasteiger partial charge in [-0.1, -0.05) is 55.4 Å². The van der Waals surface area contributed by atoms with Gasteiger partial charge in [0.2, 0.25) is 0 Å². The van der Waals surface area contributed by atoms with Crippen molar-refractivity contribution in [1.29, 1.82) is 0 Å². The molecule has 0 amide bonds. The van der Waals surface area contributed by atoms with Crippen LogP contribution >= 0.6 is 15.4 Å². The molecule has 2 aromatic rings. The SMILES string of the molecule is CCc1c(CC)c(CC)p(N(C(C)C)p2c(CC)c(CC)c(CC)c2CC)c1CC. The minimum Gasteiger partial charge on any atom is -0.213 e. The predicted molar refractivity (Wildman–Crippen MR) is 142 cm³/mol. The van der Waals surface area contributed by atoms with Gasteiger partial charge in [-0.25, -0.2) is 4.44 Å². The molecule has 2 heterocycles. The van der Waals surface area contributed by atoms with Gasteiger partial charge in [0.15, 0.2) is 0 Å². The molecule has 30 heavy (non-hydrogen) atoms. The maximum Gasteiger partial charge on any atom is 0.0206 e. The Balaban J connectivity index is 3.00. The third kappa shape index (κ3) is 4.25. The van der Waals surface area contributed by atoms with Crippen molar-refractivity contribution in [2.45, 2.75) is 127 Å². The highest BCUT2D eigenvalue weighted by Gasteiger charge is 2.31. The number of hydrogen-bond donors (Lipinski definition) is 0. The van der Waals surface area contributed by atoms with Crippen molar-refractivity contribution in [3.8, 4) is 0 Å². The molecule has 0 bridgehead atoms. The monoisotopic (exact) mass is 447 g/mol. The Bertz CT molecular complexity index is 713. The van der Waals surface area contributed by atoms with Gasteiger partial charge in [-0.15, -0.1) is 0 Å². The van der Waals surface area contributed by atoms with E-state index in [-0.39, 0.29) is 15.4 Å². The van der Waals surface area contributed by atoms with Crippen LogP contribution in [0.2, 0.25) is 0 Å². The van der Waals surface area contributed by atoms with Gasteiger partial charge < -0.3 is 0 Å². The second-order valence-corrected chi connectivity index (χ2v) is 13.2. The van der Waals surface area contributed by atoms with E-state index in [0.717, 1.165) is 0 Å². The molecule has 0 aromatic carbocycles. The summed E-state index contributed by atoms with van der Waals surface area (Å²) in [5.41, 5.74) is 6.88. The molecule has 3 heteroatoms. The first-order valence-electron chi connectivity index (χ1n) is 12.7. The van der Waals surface area contributed by atoms with E-state index in [0.29, 0.717) is 6.04 Å². The van der Waals surface area contributed by atoms with Crippen molar-refractivity contribution >= 4 is 15.4 Å². The summed E-state index contributed by atoms with van der Waals surface area (Å²) in [4.78, 5) is 0. The Labute approximate surface area is 189 Å². The van der Waals surface area contributed by atoms with Gasteiger partial charge in [0.05, 0.1) is 0 Å². The summed E-state index contributed by atoms with van der Waals surface area (Å²) in [6.07, 6.45) is 9.66. The van der Waals surface area contributed by atoms with Gasteiger partial charge in [-0.3, -0.25) is 0 Å². The molecule has 0 saturated heterocycles. The van der Waals surface area contributed by atoms with Crippen molar-refractivity contribution in [1.82, 2.24) is 0 Å². The summed E-state index contributed by atoms with van der Waals surface area (Å²) in [5.74, 6) is 0. The summed E-state index contributed by atoms with van der Waals surface area (Å²) in [7, 11) is -0.672. The lowest BCUT2D eigenvalue weighted by molar-refractivity contribution is 0.868. The van der Waals surface area contributed by atoms with E-state index in [1.165, 1.54) is 51.4 Å². The van der Waals surface area contributed by atoms with E-state index in [9.17, 15) is 0 Å². The Kier molecular flexibility index (Phi) is 9.80. The molecule has 2 rings (SSSR count). The maximum absolute atomic E-state index is 3.07. The Hall–Kier alpha value is -0.480. The lowest BCUT2D eigenvalue weighted by Gasteiger charge is -2.32. The van der Waals surface area contributed by atoms with Crippen LogP contribution in [-0.2, 0) is 51.4 Å². The lowest BCUT2D eigenvalue weighted by Crippen LogP contribution is -2.21. The molecule has 0 N–H and O–H groups in total. The molecule has 0 spiro atoms. The number of rotatable bonds is 11. The smallest absolute Gasteiger partial charge is 0.0206 e. The van der Waals surface area contributed by atoms with Crippen molar-refractivity contribution in [3.05, 3.63) is 43.4 Å². The van der Waals surface area contributed by atoms with Crippen LogP contribution in [0.4, 0.5) is 0 Å². The first-order valence-corrected chi connectivity index (χ1v) is 15.3. The van der Waals surface area contributed by atoms with E-state index in [1.807, 2.05) is 0 Å². The standard InChI is InChI=1S/C27H47NP2/c1-11-20-21(12-2)25(16-6)29(24(20)15-5)28(19(9)10)30-26(17-7)22(13-3)23(14-4)27(30)18-8/h19H,11-18H2,1-10H3. The molecule has 0 unspecified atom stereocenters. The zero-order valence-corrected chi connectivity index (χ0v) is 23.4. The fourth-order valence-corrected chi connectivity index (χ4v) is 13.7. The molecule has 2 aromatic heterocycles. The van der Waals surface area contributed by atoms with Gasteiger partial charge in [0, 0.05) is 6.04 Å². The Morgan fingerprint density at radius 3 is 0.833 bits per heavy atom. The molecule has 1 nitrogen and oxygen atoms in total. The molecule has 0 saturated carbocycles. The first kappa shape index (κ1) is 25.8. The van der Waals surface area contributed by atoms with Crippen molar-refractivity contribution < 1.29 is 0 Å². The van der Waals surface area contributed by atoms with E-state index < -0.39 is 0 Å². The predicted octanol–water partition coefficient (Wildman–Crippen LogP) is 8.97. The summed E-state index contributed by atoms with van der Waals surface area (Å²) < 4.78 is 3.07. The fourth-order valence-electron chi connectivity index (χ4n) is 5.70. The van der Waals surface area contributed by atoms with Crippen LogP contribution in [-0.4, -0.2) is 6.04 Å². The molecule has 0 fully saturated rings. The van der Waals surface area contributed by atoms with E-state index >= 15 is 0 Å². The van der Waals surface area contributed by atoms with Gasteiger partial charge in [-0.2, -0.15) is 0 Å². The molecule has 0 aliphatic carbocycles. The molecular formula is C27H47NP2. The van der Waals surface area contributed by atoms with Crippen LogP contribution in [0.5, 0.6) is 0 Å². The summed E-state index contributed by atoms with van der Waals surface area (Å²) in [6, 6.07) is 0.581. The third-order valence-electron chi connectivity index (χ3n) is 6.77. The normalized spacial score (nSPS) is 12.0. The van der Waals surface area contributed by atoms with Gasteiger partial charge >= 0.3 is 0 Å². The zero-order chi connectivity index (χ0) is 22.6. The van der Waals surface area contributed by atoms with Gasteiger partial charge in [0.1, 0.15) is 0 Å². The van der Waals surface area contributed by atoms with Crippen molar-refractivity contribution in [3.63, 3.8) is 0 Å². The quantitative estimate of drug-likeness (QED) is 0.332. The molecule has 0 aliphatic heterocycles. The van der Waals surface area contributed by atoms with Crippen LogP contribution in [0.3, 0.4) is 0 Å². The average molecular weight is 448 g/mol. The molecular weight excluding hydrogens is 400 g/mol. The second kappa shape index (κ2) is 11.4. The van der Waals surface area contributed by atoms with E-state index in [4.69, 9.17) is 0 Å². The topological polar surface area (TPSA) is 3.24 Å². The van der Waals surface area contributed by atoms with Crippen LogP contribution in [0, 0.1) is 0 Å². The first-order chi connectivity index (χ1) is 14.4. The zero-order valence-electron chi connectivity index (χ0n) is 21.6. The molecule has 170 valence electrons. The molecule has 0 atom stereocenters. The highest BCUT2D eigenvalue weighted by molar-refractivity contribution is 7.71. The maximum atomic E-state index is 3.07. The van der Waals surface area contributed by atoms with Crippen LogP contribution in [0.15, 0.2) is 0 Å². The second-order valence-electron chi connectivity index (χ2n) is 8.57. The number of nitrogens with zero attached hydrogens (tertiary/aromatic N) is 1. The minimum atomic E-state index is -0.336. The van der Waals surface area contributed by atoms with Crippen molar-refractivity contribution in [2.75, 3.05) is 4.44 Å². The fraction of sp³-hybridized carbons (Fsp3) is 0.704. The highest BCUT2D eigenvalue weighted by atomic mass is 31.2. The van der Waals surface area contributed by atoms with Crippen LogP contribution in [0.25, 0.3) is 0 Å².